The first kappa shape index (κ1) is 17.5. The van der Waals surface area contributed by atoms with Gasteiger partial charge in [0.05, 0.1) is 4.92 Å². The zero-order valence-electron chi connectivity index (χ0n) is 13.4. The van der Waals surface area contributed by atoms with Crippen molar-refractivity contribution in [3.05, 3.63) is 33.9 Å². The van der Waals surface area contributed by atoms with Crippen LogP contribution in [0.15, 0.2) is 18.2 Å². The van der Waals surface area contributed by atoms with Gasteiger partial charge >= 0.3 is 0 Å². The summed E-state index contributed by atoms with van der Waals surface area (Å²) < 4.78 is 0. The van der Waals surface area contributed by atoms with Crippen LogP contribution in [-0.4, -0.2) is 11.5 Å². The number of nitro benzene ring substituents is 1. The third-order valence-corrected chi connectivity index (χ3v) is 3.77. The van der Waals surface area contributed by atoms with Crippen LogP contribution in [0.5, 0.6) is 0 Å². The predicted octanol–water partition coefficient (Wildman–Crippen LogP) is 5.46. The molecule has 1 N–H and O–H groups in total. The summed E-state index contributed by atoms with van der Waals surface area (Å²) in [7, 11) is 0. The number of nitrogens with one attached hydrogen (secondary N) is 1. The second kappa shape index (κ2) is 10.2. The third kappa shape index (κ3) is 7.11. The second-order valence-corrected chi connectivity index (χ2v) is 5.66. The summed E-state index contributed by atoms with van der Waals surface area (Å²) in [6.07, 6.45) is 10.5. The van der Waals surface area contributed by atoms with Crippen LogP contribution in [0.4, 0.5) is 11.4 Å². The highest BCUT2D eigenvalue weighted by molar-refractivity contribution is 5.55. The molecule has 21 heavy (non-hydrogen) atoms. The van der Waals surface area contributed by atoms with E-state index >= 15 is 0 Å². The van der Waals surface area contributed by atoms with Gasteiger partial charge in [0.1, 0.15) is 0 Å². The molecule has 1 aromatic rings. The van der Waals surface area contributed by atoms with Gasteiger partial charge in [-0.2, -0.15) is 0 Å². The Kier molecular flexibility index (Phi) is 8.48. The number of aryl methyl sites for hydroxylation is 1. The van der Waals surface area contributed by atoms with Crippen molar-refractivity contribution in [1.29, 1.82) is 0 Å². The highest BCUT2D eigenvalue weighted by atomic mass is 16.6. The molecule has 4 nitrogen and oxygen atoms in total. The number of benzene rings is 1. The Labute approximate surface area is 128 Å². The van der Waals surface area contributed by atoms with Crippen LogP contribution in [0.1, 0.15) is 63.9 Å². The van der Waals surface area contributed by atoms with Crippen LogP contribution >= 0.6 is 0 Å². The average molecular weight is 292 g/mol. The Morgan fingerprint density at radius 2 is 1.67 bits per heavy atom. The molecule has 0 bridgehead atoms. The molecule has 4 heteroatoms. The maximum Gasteiger partial charge on any atom is 0.269 e. The minimum Gasteiger partial charge on any atom is -0.385 e. The van der Waals surface area contributed by atoms with Crippen molar-refractivity contribution in [2.45, 2.75) is 65.2 Å². The standard InChI is InChI=1S/C17H28N2O2/c1-3-4-5-6-7-8-9-10-13-18-17-12-11-16(19(20)21)14-15(17)2/h11-12,14,18H,3-10,13H2,1-2H3. The van der Waals surface area contributed by atoms with Crippen molar-refractivity contribution in [2.75, 3.05) is 11.9 Å². The fraction of sp³-hybridized carbons (Fsp3) is 0.647. The van der Waals surface area contributed by atoms with Gasteiger partial charge in [0, 0.05) is 24.4 Å². The van der Waals surface area contributed by atoms with Crippen molar-refractivity contribution in [1.82, 2.24) is 0 Å². The van der Waals surface area contributed by atoms with Crippen LogP contribution in [-0.2, 0) is 0 Å². The molecular weight excluding hydrogens is 264 g/mol. The number of non-ortho nitro benzene ring substituents is 1. The summed E-state index contributed by atoms with van der Waals surface area (Å²) in [5.74, 6) is 0. The van der Waals surface area contributed by atoms with Crippen LogP contribution in [0, 0.1) is 17.0 Å². The molecule has 0 radical (unpaired) electrons. The van der Waals surface area contributed by atoms with Gasteiger partial charge in [-0.15, -0.1) is 0 Å². The molecule has 0 aliphatic rings. The molecular formula is C17H28N2O2. The minimum absolute atomic E-state index is 0.158. The number of anilines is 1. The van der Waals surface area contributed by atoms with E-state index < -0.39 is 0 Å². The van der Waals surface area contributed by atoms with Crippen LogP contribution < -0.4 is 5.32 Å². The molecule has 1 aromatic carbocycles. The number of nitrogens with zero attached hydrogens (tertiary/aromatic N) is 1. The zero-order valence-corrected chi connectivity index (χ0v) is 13.4. The van der Waals surface area contributed by atoms with Crippen LogP contribution in [0.2, 0.25) is 0 Å². The van der Waals surface area contributed by atoms with Gasteiger partial charge in [-0.3, -0.25) is 10.1 Å². The predicted molar refractivity (Wildman–Crippen MR) is 88.9 cm³/mol. The van der Waals surface area contributed by atoms with E-state index in [4.69, 9.17) is 0 Å². The van der Waals surface area contributed by atoms with Crippen molar-refractivity contribution in [2.24, 2.45) is 0 Å². The molecule has 0 unspecified atom stereocenters. The first-order chi connectivity index (χ1) is 10.1. The van der Waals surface area contributed by atoms with Gasteiger partial charge in [0.2, 0.25) is 0 Å². The molecule has 0 aromatic heterocycles. The summed E-state index contributed by atoms with van der Waals surface area (Å²) in [4.78, 5) is 10.3. The lowest BCUT2D eigenvalue weighted by Crippen LogP contribution is -2.03. The SMILES string of the molecule is CCCCCCCCCCNc1ccc([N+](=O)[O-])cc1C. The van der Waals surface area contributed by atoms with E-state index in [0.717, 1.165) is 24.2 Å². The topological polar surface area (TPSA) is 55.2 Å². The maximum absolute atomic E-state index is 10.7. The summed E-state index contributed by atoms with van der Waals surface area (Å²) in [6, 6.07) is 4.98. The van der Waals surface area contributed by atoms with Gasteiger partial charge < -0.3 is 5.32 Å². The van der Waals surface area contributed by atoms with E-state index in [2.05, 4.69) is 12.2 Å². The average Bonchev–Trinajstić information content (AvgIpc) is 2.46. The molecule has 0 atom stereocenters. The van der Waals surface area contributed by atoms with Gasteiger partial charge in [0.15, 0.2) is 0 Å². The number of rotatable bonds is 11. The van der Waals surface area contributed by atoms with Gasteiger partial charge in [-0.1, -0.05) is 51.9 Å². The maximum atomic E-state index is 10.7. The quantitative estimate of drug-likeness (QED) is 0.335. The highest BCUT2D eigenvalue weighted by Crippen LogP contribution is 2.21. The largest absolute Gasteiger partial charge is 0.385 e. The van der Waals surface area contributed by atoms with Crippen molar-refractivity contribution < 1.29 is 4.92 Å². The molecule has 0 saturated carbocycles. The van der Waals surface area contributed by atoms with Crippen molar-refractivity contribution in [3.8, 4) is 0 Å². The third-order valence-electron chi connectivity index (χ3n) is 3.77. The molecule has 0 fully saturated rings. The molecule has 118 valence electrons. The fourth-order valence-corrected chi connectivity index (χ4v) is 2.44. The Morgan fingerprint density at radius 1 is 1.05 bits per heavy atom. The molecule has 0 heterocycles. The van der Waals surface area contributed by atoms with Gasteiger partial charge in [-0.05, 0) is 25.0 Å². The smallest absolute Gasteiger partial charge is 0.269 e. The highest BCUT2D eigenvalue weighted by Gasteiger charge is 2.07. The number of unbranched alkanes of at least 4 members (excludes halogenated alkanes) is 7. The molecule has 0 saturated heterocycles. The van der Waals surface area contributed by atoms with E-state index in [1.165, 1.54) is 44.9 Å². The lowest BCUT2D eigenvalue weighted by molar-refractivity contribution is -0.384. The lowest BCUT2D eigenvalue weighted by Gasteiger charge is -2.09. The van der Waals surface area contributed by atoms with E-state index in [0.29, 0.717) is 0 Å². The summed E-state index contributed by atoms with van der Waals surface area (Å²) in [6.45, 7) is 5.09. The molecule has 0 aliphatic carbocycles. The van der Waals surface area contributed by atoms with Gasteiger partial charge in [-0.25, -0.2) is 0 Å². The summed E-state index contributed by atoms with van der Waals surface area (Å²) in [5.41, 5.74) is 2.09. The summed E-state index contributed by atoms with van der Waals surface area (Å²) in [5, 5.41) is 14.0. The Balaban J connectivity index is 2.14. The summed E-state index contributed by atoms with van der Waals surface area (Å²) >= 11 is 0. The number of nitro groups is 1. The first-order valence-electron chi connectivity index (χ1n) is 8.14. The lowest BCUT2D eigenvalue weighted by atomic mass is 10.1. The number of hydrogen-bond acceptors (Lipinski definition) is 3. The minimum atomic E-state index is -0.352. The van der Waals surface area contributed by atoms with Crippen LogP contribution in [0.3, 0.4) is 0 Å². The van der Waals surface area contributed by atoms with Crippen LogP contribution in [0.25, 0.3) is 0 Å². The normalized spacial score (nSPS) is 10.6. The van der Waals surface area contributed by atoms with E-state index in [1.54, 1.807) is 18.2 Å². The monoisotopic (exact) mass is 292 g/mol. The fourth-order valence-electron chi connectivity index (χ4n) is 2.44. The van der Waals surface area contributed by atoms with E-state index in [1.807, 2.05) is 6.92 Å². The second-order valence-electron chi connectivity index (χ2n) is 5.66. The molecule has 0 aliphatic heterocycles. The molecule has 0 spiro atoms. The molecule has 0 amide bonds. The molecule has 1 rings (SSSR count). The zero-order chi connectivity index (χ0) is 15.5. The van der Waals surface area contributed by atoms with E-state index in [-0.39, 0.29) is 10.6 Å². The Bertz CT molecular complexity index is 433. The first-order valence-corrected chi connectivity index (χ1v) is 8.14. The van der Waals surface area contributed by atoms with Crippen molar-refractivity contribution in [3.63, 3.8) is 0 Å². The Hall–Kier alpha value is -1.58. The van der Waals surface area contributed by atoms with Crippen molar-refractivity contribution >= 4 is 11.4 Å². The Morgan fingerprint density at radius 3 is 2.24 bits per heavy atom. The number of hydrogen-bond donors (Lipinski definition) is 1. The van der Waals surface area contributed by atoms with E-state index in [9.17, 15) is 10.1 Å². The van der Waals surface area contributed by atoms with Gasteiger partial charge in [0.25, 0.3) is 5.69 Å².